The smallest absolute Gasteiger partial charge is 0.412 e. The molecule has 3 nitrogen and oxygen atoms in total. The second kappa shape index (κ2) is 2.76. The van der Waals surface area contributed by atoms with Crippen molar-refractivity contribution in [1.29, 1.82) is 0 Å². The molecule has 0 spiro atoms. The molecule has 1 N–H and O–H groups in total. The lowest BCUT2D eigenvalue weighted by Gasteiger charge is -2.18. The van der Waals surface area contributed by atoms with Crippen molar-refractivity contribution in [3.8, 4) is 0 Å². The summed E-state index contributed by atoms with van der Waals surface area (Å²) in [6.07, 6.45) is -0.0416. The number of amides is 1. The van der Waals surface area contributed by atoms with E-state index in [0.29, 0.717) is 0 Å². The number of fused-ring (bicyclic) bond motifs is 1. The van der Waals surface area contributed by atoms with Crippen molar-refractivity contribution in [3.63, 3.8) is 0 Å². The number of anilines is 1. The van der Waals surface area contributed by atoms with Crippen molar-refractivity contribution in [1.82, 2.24) is 0 Å². The molecule has 0 aromatic heterocycles. The van der Waals surface area contributed by atoms with Crippen molar-refractivity contribution < 1.29 is 9.90 Å². The van der Waals surface area contributed by atoms with Gasteiger partial charge in [-0.2, -0.15) is 0 Å². The summed E-state index contributed by atoms with van der Waals surface area (Å²) in [4.78, 5) is 12.3. The van der Waals surface area contributed by atoms with Crippen LogP contribution in [-0.4, -0.2) is 17.2 Å². The van der Waals surface area contributed by atoms with E-state index < -0.39 is 6.09 Å². The van der Waals surface area contributed by atoms with Gasteiger partial charge in [0.1, 0.15) is 0 Å². The first-order valence-corrected chi connectivity index (χ1v) is 4.30. The highest BCUT2D eigenvalue weighted by molar-refractivity contribution is 5.89. The molecule has 0 unspecified atom stereocenters. The van der Waals surface area contributed by atoms with E-state index in [2.05, 4.69) is 0 Å². The van der Waals surface area contributed by atoms with Gasteiger partial charge in [-0.05, 0) is 25.0 Å². The van der Waals surface area contributed by atoms with Crippen LogP contribution in [0.5, 0.6) is 0 Å². The van der Waals surface area contributed by atoms with Crippen molar-refractivity contribution in [2.75, 3.05) is 4.90 Å². The number of benzene rings is 1. The molecule has 1 aliphatic rings. The molecule has 3 heteroatoms. The molecule has 0 saturated carbocycles. The van der Waals surface area contributed by atoms with E-state index in [0.717, 1.165) is 17.7 Å². The summed E-state index contributed by atoms with van der Waals surface area (Å²) in [5.74, 6) is 0. The van der Waals surface area contributed by atoms with Crippen LogP contribution in [0.25, 0.3) is 0 Å². The summed E-state index contributed by atoms with van der Waals surface area (Å²) in [7, 11) is 0. The molecule has 68 valence electrons. The summed E-state index contributed by atoms with van der Waals surface area (Å²) in [6.45, 7) is 1.92. The second-order valence-electron chi connectivity index (χ2n) is 3.33. The molecule has 0 fully saturated rings. The molecule has 1 atom stereocenters. The number of nitrogens with zero attached hydrogens (tertiary/aromatic N) is 1. The maximum atomic E-state index is 10.9. The van der Waals surface area contributed by atoms with Gasteiger partial charge in [-0.15, -0.1) is 0 Å². The zero-order valence-electron chi connectivity index (χ0n) is 7.40. The Bertz CT molecular complexity index is 349. The lowest BCUT2D eigenvalue weighted by Crippen LogP contribution is -2.34. The van der Waals surface area contributed by atoms with Gasteiger partial charge in [0.05, 0.1) is 5.69 Å². The maximum Gasteiger partial charge on any atom is 0.412 e. The average molecular weight is 177 g/mol. The molecule has 0 bridgehead atoms. The highest BCUT2D eigenvalue weighted by Crippen LogP contribution is 2.31. The Morgan fingerprint density at radius 3 is 2.92 bits per heavy atom. The van der Waals surface area contributed by atoms with Crippen LogP contribution in [0.2, 0.25) is 0 Å². The van der Waals surface area contributed by atoms with E-state index in [-0.39, 0.29) is 6.04 Å². The van der Waals surface area contributed by atoms with Crippen molar-refractivity contribution in [2.24, 2.45) is 0 Å². The predicted molar refractivity (Wildman–Crippen MR) is 50.1 cm³/mol. The molecule has 0 aliphatic carbocycles. The largest absolute Gasteiger partial charge is 0.465 e. The second-order valence-corrected chi connectivity index (χ2v) is 3.33. The fourth-order valence-electron chi connectivity index (χ4n) is 1.86. The van der Waals surface area contributed by atoms with Crippen LogP contribution >= 0.6 is 0 Å². The van der Waals surface area contributed by atoms with Gasteiger partial charge in [-0.1, -0.05) is 18.2 Å². The number of carbonyl (C=O) groups is 1. The van der Waals surface area contributed by atoms with E-state index in [4.69, 9.17) is 5.11 Å². The molecule has 0 saturated heterocycles. The van der Waals surface area contributed by atoms with Gasteiger partial charge in [-0.25, -0.2) is 4.79 Å². The molecule has 0 radical (unpaired) electrons. The Morgan fingerprint density at radius 2 is 2.23 bits per heavy atom. The van der Waals surface area contributed by atoms with Crippen molar-refractivity contribution in [3.05, 3.63) is 29.8 Å². The van der Waals surface area contributed by atoms with Crippen LogP contribution in [-0.2, 0) is 6.42 Å². The minimum absolute atomic E-state index is 0.0647. The predicted octanol–water partition coefficient (Wildman–Crippen LogP) is 2.12. The minimum Gasteiger partial charge on any atom is -0.465 e. The van der Waals surface area contributed by atoms with Crippen LogP contribution in [0, 0.1) is 0 Å². The summed E-state index contributed by atoms with van der Waals surface area (Å²) in [5, 5.41) is 8.96. The first-order valence-electron chi connectivity index (χ1n) is 4.30. The fraction of sp³-hybridized carbons (Fsp3) is 0.300. The number of hydrogen-bond donors (Lipinski definition) is 1. The Kier molecular flexibility index (Phi) is 1.72. The van der Waals surface area contributed by atoms with Gasteiger partial charge < -0.3 is 5.11 Å². The van der Waals surface area contributed by atoms with Crippen LogP contribution in [0.15, 0.2) is 24.3 Å². The summed E-state index contributed by atoms with van der Waals surface area (Å²) in [5.41, 5.74) is 1.96. The van der Waals surface area contributed by atoms with Gasteiger partial charge in [0.2, 0.25) is 0 Å². The molecule has 1 heterocycles. The zero-order chi connectivity index (χ0) is 9.42. The van der Waals surface area contributed by atoms with Gasteiger partial charge in [0, 0.05) is 6.04 Å². The first-order chi connectivity index (χ1) is 6.20. The van der Waals surface area contributed by atoms with E-state index in [1.54, 1.807) is 0 Å². The third-order valence-corrected chi connectivity index (χ3v) is 2.41. The van der Waals surface area contributed by atoms with E-state index >= 15 is 0 Å². The van der Waals surface area contributed by atoms with Crippen LogP contribution in [0.1, 0.15) is 12.5 Å². The minimum atomic E-state index is -0.863. The fourth-order valence-corrected chi connectivity index (χ4v) is 1.86. The van der Waals surface area contributed by atoms with Crippen molar-refractivity contribution >= 4 is 11.8 Å². The van der Waals surface area contributed by atoms with Gasteiger partial charge >= 0.3 is 6.09 Å². The molecule has 2 rings (SSSR count). The lowest BCUT2D eigenvalue weighted by atomic mass is 10.1. The van der Waals surface area contributed by atoms with E-state index in [1.165, 1.54) is 4.90 Å². The Labute approximate surface area is 76.6 Å². The third kappa shape index (κ3) is 1.16. The van der Waals surface area contributed by atoms with Gasteiger partial charge in [0.25, 0.3) is 0 Å². The van der Waals surface area contributed by atoms with Crippen LogP contribution in [0.3, 0.4) is 0 Å². The van der Waals surface area contributed by atoms with Crippen LogP contribution in [0.4, 0.5) is 10.5 Å². The molecular weight excluding hydrogens is 166 g/mol. The third-order valence-electron chi connectivity index (χ3n) is 2.41. The average Bonchev–Trinajstić information content (AvgIpc) is 2.39. The first kappa shape index (κ1) is 8.10. The molecule has 1 amide bonds. The molecular formula is C10H11NO2. The standard InChI is InChI=1S/C10H11NO2/c1-7-6-8-4-2-3-5-9(8)11(7)10(12)13/h2-5,7H,6H2,1H3,(H,12,13)/t7-/m1/s1. The highest BCUT2D eigenvalue weighted by Gasteiger charge is 2.29. The Morgan fingerprint density at radius 1 is 1.54 bits per heavy atom. The lowest BCUT2D eigenvalue weighted by molar-refractivity contribution is 0.200. The van der Waals surface area contributed by atoms with Gasteiger partial charge in [-0.3, -0.25) is 4.90 Å². The monoisotopic (exact) mass is 177 g/mol. The SMILES string of the molecule is C[C@@H]1Cc2ccccc2N1C(=O)O. The topological polar surface area (TPSA) is 40.5 Å². The molecule has 1 aromatic carbocycles. The quantitative estimate of drug-likeness (QED) is 0.659. The number of para-hydroxylation sites is 1. The zero-order valence-corrected chi connectivity index (χ0v) is 7.40. The molecule has 1 aromatic rings. The summed E-state index contributed by atoms with van der Waals surface area (Å²) >= 11 is 0. The molecule has 13 heavy (non-hydrogen) atoms. The van der Waals surface area contributed by atoms with E-state index in [9.17, 15) is 4.79 Å². The van der Waals surface area contributed by atoms with Crippen LogP contribution < -0.4 is 4.90 Å². The maximum absolute atomic E-state index is 10.9. The Hall–Kier alpha value is -1.51. The highest BCUT2D eigenvalue weighted by atomic mass is 16.4. The number of rotatable bonds is 0. The summed E-state index contributed by atoms with van der Waals surface area (Å²) in [6, 6.07) is 7.71. The van der Waals surface area contributed by atoms with E-state index in [1.807, 2.05) is 31.2 Å². The number of carboxylic acid groups (broad SMARTS) is 1. The molecule has 1 aliphatic heterocycles. The summed E-state index contributed by atoms with van der Waals surface area (Å²) < 4.78 is 0. The van der Waals surface area contributed by atoms with Crippen molar-refractivity contribution in [2.45, 2.75) is 19.4 Å². The number of hydrogen-bond acceptors (Lipinski definition) is 1. The van der Waals surface area contributed by atoms with Gasteiger partial charge in [0.15, 0.2) is 0 Å². The normalized spacial score (nSPS) is 20.1. The Balaban J connectivity index is 2.46.